The van der Waals surface area contributed by atoms with Crippen LogP contribution in [-0.2, 0) is 11.3 Å². The monoisotopic (exact) mass is 314 g/mol. The van der Waals surface area contributed by atoms with Gasteiger partial charge in [-0.05, 0) is 24.0 Å². The van der Waals surface area contributed by atoms with Gasteiger partial charge in [0.05, 0.1) is 18.9 Å². The lowest BCUT2D eigenvalue weighted by atomic mass is 10.1. The van der Waals surface area contributed by atoms with E-state index in [9.17, 15) is 4.79 Å². The lowest BCUT2D eigenvalue weighted by Crippen LogP contribution is -2.06. The smallest absolute Gasteiger partial charge is 0.337 e. The minimum atomic E-state index is -0.369. The molecule has 22 heavy (non-hydrogen) atoms. The van der Waals surface area contributed by atoms with E-state index >= 15 is 0 Å². The number of carbonyl (C=O) groups excluding carboxylic acids is 1. The molecule has 0 radical (unpaired) electrons. The number of aromatic nitrogens is 2. The van der Waals surface area contributed by atoms with Gasteiger partial charge in [0.25, 0.3) is 0 Å². The number of methoxy groups -OCH3 is 1. The summed E-state index contributed by atoms with van der Waals surface area (Å²) in [5.41, 5.74) is 1.85. The number of ether oxygens (including phenoxy) is 1. The fourth-order valence-electron chi connectivity index (χ4n) is 1.74. The number of carbonyl (C=O) groups is 1. The van der Waals surface area contributed by atoms with Crippen molar-refractivity contribution in [3.63, 3.8) is 0 Å². The lowest BCUT2D eigenvalue weighted by molar-refractivity contribution is 0.0600. The number of nitriles is 1. The van der Waals surface area contributed by atoms with E-state index in [1.165, 1.54) is 25.1 Å². The van der Waals surface area contributed by atoms with Crippen molar-refractivity contribution in [1.82, 2.24) is 9.97 Å². The first kappa shape index (κ1) is 15.8. The molecular weight excluding hydrogens is 300 g/mol. The first-order chi connectivity index (χ1) is 10.7. The van der Waals surface area contributed by atoms with Crippen molar-refractivity contribution in [2.45, 2.75) is 11.7 Å². The molecule has 0 amide bonds. The van der Waals surface area contributed by atoms with Crippen LogP contribution in [0.3, 0.4) is 0 Å². The lowest BCUT2D eigenvalue weighted by Gasteiger charge is -2.08. The van der Waals surface area contributed by atoms with Gasteiger partial charge in [0.15, 0.2) is 5.16 Å². The average Bonchev–Trinajstić information content (AvgIpc) is 2.59. The second-order valence-corrected chi connectivity index (χ2v) is 5.05. The summed E-state index contributed by atoms with van der Waals surface area (Å²) in [5.74, 6) is 0.130. The van der Waals surface area contributed by atoms with Gasteiger partial charge in [0.2, 0.25) is 0 Å². The second kappa shape index (κ2) is 7.43. The minimum absolute atomic E-state index is 0.369. The van der Waals surface area contributed by atoms with Crippen LogP contribution in [0.5, 0.6) is 0 Å². The molecule has 6 nitrogen and oxygen atoms in total. The van der Waals surface area contributed by atoms with Crippen LogP contribution >= 0.6 is 11.8 Å². The van der Waals surface area contributed by atoms with E-state index in [0.29, 0.717) is 28.6 Å². The Labute approximate surface area is 132 Å². The molecule has 112 valence electrons. The van der Waals surface area contributed by atoms with Crippen molar-refractivity contribution in [2.75, 3.05) is 18.7 Å². The Morgan fingerprint density at radius 2 is 2.14 bits per heavy atom. The number of benzene rings is 1. The van der Waals surface area contributed by atoms with Gasteiger partial charge in [-0.15, -0.1) is 0 Å². The summed E-state index contributed by atoms with van der Waals surface area (Å²) in [4.78, 5) is 19.7. The largest absolute Gasteiger partial charge is 0.465 e. The van der Waals surface area contributed by atoms with Crippen LogP contribution in [0.2, 0.25) is 0 Å². The number of anilines is 1. The van der Waals surface area contributed by atoms with Crippen LogP contribution in [0.1, 0.15) is 21.5 Å². The summed E-state index contributed by atoms with van der Waals surface area (Å²) in [6.07, 6.45) is 3.37. The molecule has 2 aromatic rings. The molecule has 2 rings (SSSR count). The highest BCUT2D eigenvalue weighted by Gasteiger charge is 2.07. The second-order valence-electron chi connectivity index (χ2n) is 4.27. The van der Waals surface area contributed by atoms with E-state index in [2.05, 4.69) is 26.1 Å². The summed E-state index contributed by atoms with van der Waals surface area (Å²) in [6, 6.07) is 9.09. The van der Waals surface area contributed by atoms with Crippen LogP contribution in [-0.4, -0.2) is 29.3 Å². The van der Waals surface area contributed by atoms with E-state index in [0.717, 1.165) is 5.56 Å². The van der Waals surface area contributed by atoms with Gasteiger partial charge in [-0.25, -0.2) is 14.8 Å². The van der Waals surface area contributed by atoms with Gasteiger partial charge in [-0.3, -0.25) is 0 Å². The zero-order chi connectivity index (χ0) is 15.9. The van der Waals surface area contributed by atoms with Crippen LogP contribution in [0.4, 0.5) is 5.82 Å². The Kier molecular flexibility index (Phi) is 5.33. The van der Waals surface area contributed by atoms with Gasteiger partial charge in [0.1, 0.15) is 17.5 Å². The number of thioether (sulfide) groups is 1. The van der Waals surface area contributed by atoms with Crippen molar-refractivity contribution in [1.29, 1.82) is 5.26 Å². The standard InChI is InChI=1S/C15H14N4O2S/c1-21-14(20)11-5-3-10(4-6-11)8-17-13-12(7-16)9-18-15(19-13)22-2/h3-6,9H,8H2,1-2H3,(H,17,18,19). The molecule has 0 aliphatic rings. The molecule has 0 bridgehead atoms. The Balaban J connectivity index is 2.10. The zero-order valence-corrected chi connectivity index (χ0v) is 13.0. The third-order valence-electron chi connectivity index (χ3n) is 2.90. The molecule has 1 aromatic carbocycles. The zero-order valence-electron chi connectivity index (χ0n) is 12.2. The summed E-state index contributed by atoms with van der Waals surface area (Å²) >= 11 is 1.41. The van der Waals surface area contributed by atoms with Crippen LogP contribution < -0.4 is 5.32 Å². The van der Waals surface area contributed by atoms with E-state index < -0.39 is 0 Å². The van der Waals surface area contributed by atoms with Crippen molar-refractivity contribution in [2.24, 2.45) is 0 Å². The molecule has 1 heterocycles. The number of hydrogen-bond donors (Lipinski definition) is 1. The molecule has 0 unspecified atom stereocenters. The van der Waals surface area contributed by atoms with Crippen LogP contribution in [0, 0.1) is 11.3 Å². The molecule has 0 saturated carbocycles. The van der Waals surface area contributed by atoms with Gasteiger partial charge in [-0.1, -0.05) is 23.9 Å². The molecule has 7 heteroatoms. The SMILES string of the molecule is COC(=O)c1ccc(CNc2nc(SC)ncc2C#N)cc1. The molecule has 1 aromatic heterocycles. The fourth-order valence-corrected chi connectivity index (χ4v) is 2.08. The van der Waals surface area contributed by atoms with Gasteiger partial charge < -0.3 is 10.1 Å². The topological polar surface area (TPSA) is 87.9 Å². The Hall–Kier alpha value is -2.59. The number of esters is 1. The van der Waals surface area contributed by atoms with Gasteiger partial charge in [0, 0.05) is 6.54 Å². The summed E-state index contributed by atoms with van der Waals surface area (Å²) < 4.78 is 4.65. The third kappa shape index (κ3) is 3.74. The summed E-state index contributed by atoms with van der Waals surface area (Å²) in [6.45, 7) is 0.487. The fraction of sp³-hybridized carbons (Fsp3) is 0.200. The van der Waals surface area contributed by atoms with E-state index in [-0.39, 0.29) is 5.97 Å². The molecule has 0 fully saturated rings. The molecule has 0 spiro atoms. The predicted octanol–water partition coefficient (Wildman–Crippen LogP) is 2.47. The van der Waals surface area contributed by atoms with E-state index in [1.54, 1.807) is 12.1 Å². The third-order valence-corrected chi connectivity index (χ3v) is 3.47. The van der Waals surface area contributed by atoms with Crippen molar-refractivity contribution in [3.05, 3.63) is 47.2 Å². The highest BCUT2D eigenvalue weighted by Crippen LogP contribution is 2.16. The number of nitrogens with zero attached hydrogens (tertiary/aromatic N) is 3. The predicted molar refractivity (Wildman–Crippen MR) is 83.6 cm³/mol. The first-order valence-corrected chi connectivity index (χ1v) is 7.62. The normalized spacial score (nSPS) is 9.86. The molecule has 1 N–H and O–H groups in total. The first-order valence-electron chi connectivity index (χ1n) is 6.40. The van der Waals surface area contributed by atoms with Crippen molar-refractivity contribution < 1.29 is 9.53 Å². The molecule has 0 aliphatic heterocycles. The molecule has 0 aliphatic carbocycles. The highest BCUT2D eigenvalue weighted by molar-refractivity contribution is 7.98. The number of rotatable bonds is 5. The maximum Gasteiger partial charge on any atom is 0.337 e. The van der Waals surface area contributed by atoms with Crippen molar-refractivity contribution >= 4 is 23.5 Å². The molecular formula is C15H14N4O2S. The van der Waals surface area contributed by atoms with Crippen LogP contribution in [0.15, 0.2) is 35.6 Å². The van der Waals surface area contributed by atoms with Gasteiger partial charge in [-0.2, -0.15) is 5.26 Å². The van der Waals surface area contributed by atoms with Crippen LogP contribution in [0.25, 0.3) is 0 Å². The quantitative estimate of drug-likeness (QED) is 0.515. The maximum atomic E-state index is 11.4. The summed E-state index contributed by atoms with van der Waals surface area (Å²) in [5, 5.41) is 12.8. The Morgan fingerprint density at radius 1 is 1.41 bits per heavy atom. The van der Waals surface area contributed by atoms with Crippen molar-refractivity contribution in [3.8, 4) is 6.07 Å². The van der Waals surface area contributed by atoms with Gasteiger partial charge >= 0.3 is 5.97 Å². The number of hydrogen-bond acceptors (Lipinski definition) is 7. The Bertz CT molecular complexity index is 710. The number of nitrogens with one attached hydrogen (secondary N) is 1. The average molecular weight is 314 g/mol. The summed E-state index contributed by atoms with van der Waals surface area (Å²) in [7, 11) is 1.35. The van der Waals surface area contributed by atoms with E-state index in [4.69, 9.17) is 5.26 Å². The Morgan fingerprint density at radius 3 is 2.73 bits per heavy atom. The molecule has 0 atom stereocenters. The minimum Gasteiger partial charge on any atom is -0.465 e. The van der Waals surface area contributed by atoms with E-state index in [1.807, 2.05) is 18.4 Å². The highest BCUT2D eigenvalue weighted by atomic mass is 32.2. The molecule has 0 saturated heterocycles. The maximum absolute atomic E-state index is 11.4.